The summed E-state index contributed by atoms with van der Waals surface area (Å²) in [6.07, 6.45) is 2.19. The van der Waals surface area contributed by atoms with Gasteiger partial charge in [0.15, 0.2) is 0 Å². The zero-order chi connectivity index (χ0) is 85.5. The van der Waals surface area contributed by atoms with E-state index in [-0.39, 0.29) is 98.5 Å². The Morgan fingerprint density at radius 1 is 0.538 bits per heavy atom. The molecule has 2 saturated heterocycles. The largest absolute Gasteiger partial charge is 0.481 e. The van der Waals surface area contributed by atoms with E-state index < -0.39 is 144 Å². The van der Waals surface area contributed by atoms with E-state index in [9.17, 15) is 73.6 Å². The van der Waals surface area contributed by atoms with E-state index in [1.807, 2.05) is 19.0 Å². The number of para-hydroxylation sites is 2. The molecule has 2 saturated carbocycles. The lowest BCUT2D eigenvalue weighted by atomic mass is 10.1. The second-order valence-electron chi connectivity index (χ2n) is 32.2. The fourth-order valence-electron chi connectivity index (χ4n) is 14.4. The highest BCUT2D eigenvalue weighted by molar-refractivity contribution is 7.90. The van der Waals surface area contributed by atoms with Crippen molar-refractivity contribution in [3.8, 4) is 0 Å². The maximum absolute atomic E-state index is 14.4. The average Bonchev–Trinajstić information content (AvgIpc) is 1.58. The van der Waals surface area contributed by atoms with Crippen molar-refractivity contribution < 1.29 is 102 Å². The van der Waals surface area contributed by atoms with Gasteiger partial charge in [-0.15, -0.1) is 13.2 Å². The Hall–Kier alpha value is -10.5. The van der Waals surface area contributed by atoms with E-state index in [0.717, 1.165) is 42.3 Å². The van der Waals surface area contributed by atoms with Crippen molar-refractivity contribution in [1.29, 1.82) is 0 Å². The number of ether oxygens (including phenoxy) is 5. The van der Waals surface area contributed by atoms with Gasteiger partial charge in [0.2, 0.25) is 11.8 Å². The molecule has 10 rings (SSSR count). The molecule has 4 aromatic carbocycles. The van der Waals surface area contributed by atoms with Gasteiger partial charge < -0.3 is 59.9 Å². The molecule has 0 unspecified atom stereocenters. The number of amides is 8. The molecule has 0 bridgehead atoms. The van der Waals surface area contributed by atoms with Crippen LogP contribution in [0.3, 0.4) is 0 Å². The fourth-order valence-corrected chi connectivity index (χ4v) is 16.9. The molecule has 36 heteroatoms. The standard InChI is InChI=1S/C41H55FN6O10S.C40H53FN6O10S/c1-7-28-23-41(28,37(51)45-59(54,55)34-17-9-8-16-32(34)43-19-10-11-20-46(5)21-13-18-35(49)56-6)44-36(50)33-22-29(25-48(33)39(53)58-40(2,3)4)57-38(52)47-24-27-14-12-15-31(42)30(27)26-47;1-6-27-22-40(27,36(51)44-58(54,55)33-16-8-7-15-31(33)42-18-9-10-19-45(5)20-12-17-34(48)49)43-35(50)32-21-28(24-47(32)38(53)57-39(2,3)4)56-37(52)46-23-26-13-11-14-30(41)29(26)25-46/h7-9,12,14-17,28-29,33,43H,1,10-11,13,18-26H2,2-6H3,(H,44,50)(H,45,51);6-8,11,13-16,27-28,32,42H,1,9-10,12,17-25H2,2-5H3,(H,43,50)(H,44,51)(H,48,49)/t28-,29-,33+,41-;27-,28-,32+,40-/m11/s1. The summed E-state index contributed by atoms with van der Waals surface area (Å²) in [7, 11) is -3.70. The quantitative estimate of drug-likeness (QED) is 0.00996. The van der Waals surface area contributed by atoms with Crippen molar-refractivity contribution in [2.75, 3.05) is 84.2 Å². The molecule has 0 spiro atoms. The first-order chi connectivity index (χ1) is 55.2. The molecule has 0 radical (unpaired) electrons. The number of carbonyl (C=O) groups is 10. The van der Waals surface area contributed by atoms with E-state index in [0.29, 0.717) is 74.0 Å². The number of carboxylic acid groups (broad SMARTS) is 1. The van der Waals surface area contributed by atoms with Crippen LogP contribution < -0.4 is 30.7 Å². The van der Waals surface area contributed by atoms with Crippen LogP contribution in [0.4, 0.5) is 39.3 Å². The number of methoxy groups -OCH3 is 1. The normalized spacial score (nSPS) is 21.1. The molecule has 638 valence electrons. The average molecular weight is 1670 g/mol. The summed E-state index contributed by atoms with van der Waals surface area (Å²) >= 11 is 0. The van der Waals surface area contributed by atoms with Crippen molar-refractivity contribution in [2.24, 2.45) is 11.8 Å². The number of likely N-dealkylation sites (tertiary alicyclic amines) is 2. The Bertz CT molecular complexity index is 4600. The van der Waals surface area contributed by atoms with Gasteiger partial charge in [-0.25, -0.2) is 54.2 Å². The minimum Gasteiger partial charge on any atom is -0.481 e. The number of hydrogen-bond donors (Lipinski definition) is 7. The molecule has 0 aromatic heterocycles. The van der Waals surface area contributed by atoms with Gasteiger partial charge in [-0.05, 0) is 181 Å². The van der Waals surface area contributed by atoms with Crippen LogP contribution in [-0.4, -0.2) is 231 Å². The molecule has 2 aliphatic carbocycles. The number of esters is 1. The van der Waals surface area contributed by atoms with Gasteiger partial charge in [-0.2, -0.15) is 0 Å². The molecule has 4 aliphatic heterocycles. The first-order valence-corrected chi connectivity index (χ1v) is 42.0. The highest BCUT2D eigenvalue weighted by Gasteiger charge is 2.63. The Labute approximate surface area is 681 Å². The molecule has 4 heterocycles. The summed E-state index contributed by atoms with van der Waals surface area (Å²) in [5.41, 5.74) is -2.66. The number of halogens is 2. The number of benzene rings is 4. The Morgan fingerprint density at radius 3 is 1.28 bits per heavy atom. The number of rotatable bonds is 34. The Morgan fingerprint density at radius 2 is 0.923 bits per heavy atom. The first-order valence-electron chi connectivity index (χ1n) is 39.0. The van der Waals surface area contributed by atoms with Gasteiger partial charge in [-0.3, -0.25) is 48.4 Å². The number of hydrogen-bond acceptors (Lipinski definition) is 23. The highest BCUT2D eigenvalue weighted by atomic mass is 32.2. The lowest BCUT2D eigenvalue weighted by Gasteiger charge is -2.29. The van der Waals surface area contributed by atoms with Gasteiger partial charge in [0.1, 0.15) is 68.0 Å². The number of sulfonamides is 2. The maximum Gasteiger partial charge on any atom is 0.411 e. The molecule has 6 aliphatic rings. The number of nitrogens with zero attached hydrogens (tertiary/aromatic N) is 6. The SMILES string of the molecule is C=C[C@@H]1C[C@]1(NC(=O)[C@@H]1C[C@@H](OC(=O)N2Cc3cccc(F)c3C2)CN1C(=O)OC(C)(C)C)C(=O)NS(=O)(=O)c1ccccc1NCCCCN(C)CCCC(=O)O.C=C[C@@H]1C[C@]1(NC(=O)[C@@H]1C[C@@H](OC(=O)N2Cc3cccc(F)c3C2)CN1C(=O)OC(C)(C)C)C(=O)NS(=O)(=O)c1ccccc1NCCCCN(C)CCCC(=O)OC. The van der Waals surface area contributed by atoms with E-state index >= 15 is 0 Å². The van der Waals surface area contributed by atoms with Gasteiger partial charge in [-0.1, -0.05) is 60.7 Å². The third-order valence-electron chi connectivity index (χ3n) is 20.8. The molecule has 4 aromatic rings. The van der Waals surface area contributed by atoms with Gasteiger partial charge in [0.05, 0.1) is 44.7 Å². The molecule has 117 heavy (non-hydrogen) atoms. The molecule has 8 amide bonds. The van der Waals surface area contributed by atoms with Crippen LogP contribution in [-0.2, 0) is 98.7 Å². The molecule has 8 atom stereocenters. The second kappa shape index (κ2) is 38.7. The van der Waals surface area contributed by atoms with Gasteiger partial charge >= 0.3 is 36.3 Å². The van der Waals surface area contributed by atoms with E-state index in [1.165, 1.54) is 65.5 Å². The highest BCUT2D eigenvalue weighted by Crippen LogP contribution is 2.47. The number of unbranched alkanes of at least 4 members (excludes halogenated alkanes) is 2. The number of carboxylic acids is 1. The third-order valence-corrected chi connectivity index (χ3v) is 23.6. The molecule has 32 nitrogen and oxygen atoms in total. The molecule has 4 fully saturated rings. The minimum absolute atomic E-state index is 0.00303. The first kappa shape index (κ1) is 90.5. The lowest BCUT2D eigenvalue weighted by Crippen LogP contribution is -2.56. The van der Waals surface area contributed by atoms with E-state index in [2.05, 4.69) is 53.5 Å². The zero-order valence-electron chi connectivity index (χ0n) is 67.5. The topological polar surface area (TPSA) is 397 Å². The number of fused-ring (bicyclic) bond motifs is 2. The van der Waals surface area contributed by atoms with Crippen LogP contribution in [0.1, 0.15) is 141 Å². The summed E-state index contributed by atoms with van der Waals surface area (Å²) < 4.78 is 115. The second-order valence-corrected chi connectivity index (χ2v) is 35.5. The van der Waals surface area contributed by atoms with Gasteiger partial charge in [0, 0.05) is 74.8 Å². The number of aliphatic carboxylic acids is 1. The Kier molecular flexibility index (Phi) is 30.0. The Balaban J connectivity index is 0.000000267. The van der Waals surface area contributed by atoms with Crippen molar-refractivity contribution in [3.05, 3.63) is 144 Å². The lowest BCUT2D eigenvalue weighted by molar-refractivity contribution is -0.141. The smallest absolute Gasteiger partial charge is 0.411 e. The van der Waals surface area contributed by atoms with E-state index in [1.54, 1.807) is 90.1 Å². The predicted molar refractivity (Wildman–Crippen MR) is 425 cm³/mol. The minimum atomic E-state index is -4.46. The van der Waals surface area contributed by atoms with Crippen molar-refractivity contribution in [2.45, 2.75) is 201 Å². The molecular formula is C81H108F2N12O20S2. The van der Waals surface area contributed by atoms with Crippen LogP contribution in [0.5, 0.6) is 0 Å². The third kappa shape index (κ3) is 23.9. The summed E-state index contributed by atoms with van der Waals surface area (Å²) in [4.78, 5) is 140. The van der Waals surface area contributed by atoms with Crippen LogP contribution in [0, 0.1) is 23.5 Å². The fraction of sp³-hybridized carbons (Fsp3) is 0.531. The summed E-state index contributed by atoms with van der Waals surface area (Å²) in [5, 5.41) is 20.5. The van der Waals surface area contributed by atoms with E-state index in [4.69, 9.17) is 24.1 Å². The van der Waals surface area contributed by atoms with Crippen LogP contribution in [0.2, 0.25) is 0 Å². The molecule has 7 N–H and O–H groups in total. The van der Waals surface area contributed by atoms with Crippen molar-refractivity contribution in [3.63, 3.8) is 0 Å². The van der Waals surface area contributed by atoms with Crippen LogP contribution >= 0.6 is 0 Å². The van der Waals surface area contributed by atoms with Crippen molar-refractivity contribution in [1.82, 2.24) is 49.5 Å². The summed E-state index contributed by atoms with van der Waals surface area (Å²) in [5.74, 6) is -6.76. The predicted octanol–water partition coefficient (Wildman–Crippen LogP) is 8.51. The number of nitrogens with one attached hydrogen (secondary N) is 6. The monoisotopic (exact) mass is 1670 g/mol. The molecular weight excluding hydrogens is 1560 g/mol. The maximum atomic E-state index is 14.4. The zero-order valence-corrected chi connectivity index (χ0v) is 69.2. The number of anilines is 2. The van der Waals surface area contributed by atoms with Crippen molar-refractivity contribution >= 4 is 91.4 Å². The van der Waals surface area contributed by atoms with Crippen LogP contribution in [0.15, 0.2) is 120 Å². The summed E-state index contributed by atoms with van der Waals surface area (Å²) in [6, 6.07) is 18.9. The van der Waals surface area contributed by atoms with Crippen LogP contribution in [0.25, 0.3) is 0 Å². The summed E-state index contributed by atoms with van der Waals surface area (Å²) in [6.45, 7) is 21.0. The van der Waals surface area contributed by atoms with Gasteiger partial charge in [0.25, 0.3) is 31.9 Å². The number of carbonyl (C=O) groups excluding carboxylic acids is 9.